The first-order valence-corrected chi connectivity index (χ1v) is 10.4. The molecule has 2 aromatic rings. The van der Waals surface area contributed by atoms with Crippen LogP contribution in [0.2, 0.25) is 0 Å². The van der Waals surface area contributed by atoms with Crippen LogP contribution in [-0.2, 0) is 4.79 Å². The third-order valence-electron chi connectivity index (χ3n) is 4.27. The van der Waals surface area contributed by atoms with Crippen LogP contribution in [0.3, 0.4) is 0 Å². The van der Waals surface area contributed by atoms with E-state index in [2.05, 4.69) is 17.2 Å². The van der Waals surface area contributed by atoms with E-state index in [9.17, 15) is 9.59 Å². The van der Waals surface area contributed by atoms with Gasteiger partial charge in [-0.05, 0) is 39.3 Å². The van der Waals surface area contributed by atoms with Gasteiger partial charge in [-0.25, -0.2) is 4.98 Å². The maximum absolute atomic E-state index is 12.8. The van der Waals surface area contributed by atoms with Crippen LogP contribution in [0.1, 0.15) is 59.4 Å². The highest BCUT2D eigenvalue weighted by Crippen LogP contribution is 2.20. The lowest BCUT2D eigenvalue weighted by molar-refractivity contribution is -0.119. The van der Waals surface area contributed by atoms with Crippen molar-refractivity contribution in [3.63, 3.8) is 0 Å². The Labute approximate surface area is 159 Å². The minimum absolute atomic E-state index is 0.0156. The third-order valence-corrected chi connectivity index (χ3v) is 5.22. The molecule has 1 heterocycles. The zero-order valence-corrected chi connectivity index (χ0v) is 16.9. The normalized spacial score (nSPS) is 12.5. The fourth-order valence-electron chi connectivity index (χ4n) is 2.90. The molecule has 0 unspecified atom stereocenters. The number of nitrogens with zero attached hydrogens (tertiary/aromatic N) is 2. The summed E-state index contributed by atoms with van der Waals surface area (Å²) >= 11 is 1.32. The minimum atomic E-state index is -0.0542. The summed E-state index contributed by atoms with van der Waals surface area (Å²) in [5.74, 6) is 0.243. The van der Waals surface area contributed by atoms with E-state index < -0.39 is 0 Å². The molecule has 1 aromatic heterocycles. The average Bonchev–Trinajstić information content (AvgIpc) is 2.60. The van der Waals surface area contributed by atoms with Crippen LogP contribution in [0.25, 0.3) is 10.9 Å². The van der Waals surface area contributed by atoms with Crippen molar-refractivity contribution in [2.45, 2.75) is 70.6 Å². The Kier molecular flexibility index (Phi) is 7.69. The van der Waals surface area contributed by atoms with Crippen molar-refractivity contribution in [3.8, 4) is 0 Å². The van der Waals surface area contributed by atoms with E-state index in [-0.39, 0.29) is 29.3 Å². The van der Waals surface area contributed by atoms with E-state index in [1.165, 1.54) is 24.6 Å². The number of fused-ring (bicyclic) bond motifs is 1. The number of hydrogen-bond donors (Lipinski definition) is 1. The summed E-state index contributed by atoms with van der Waals surface area (Å²) in [7, 11) is 0. The lowest BCUT2D eigenvalue weighted by Crippen LogP contribution is -2.34. The molecule has 0 bridgehead atoms. The second kappa shape index (κ2) is 9.76. The first-order chi connectivity index (χ1) is 12.4. The van der Waals surface area contributed by atoms with Gasteiger partial charge in [0.25, 0.3) is 5.56 Å². The summed E-state index contributed by atoms with van der Waals surface area (Å²) in [5, 5.41) is 4.24. The molecule has 1 N–H and O–H groups in total. The monoisotopic (exact) mass is 375 g/mol. The number of unbranched alkanes of at least 4 members (excludes halogenated alkanes) is 2. The minimum Gasteiger partial charge on any atom is -0.353 e. The second-order valence-electron chi connectivity index (χ2n) is 6.93. The van der Waals surface area contributed by atoms with Crippen molar-refractivity contribution in [1.29, 1.82) is 0 Å². The SMILES string of the molecule is CCCCC[C@H](C)NC(=O)CSc1nc2ccccc2c(=O)n1C(C)C. The summed E-state index contributed by atoms with van der Waals surface area (Å²) in [6, 6.07) is 7.50. The molecule has 0 aliphatic carbocycles. The fourth-order valence-corrected chi connectivity index (χ4v) is 3.84. The Morgan fingerprint density at radius 3 is 2.65 bits per heavy atom. The summed E-state index contributed by atoms with van der Waals surface area (Å²) in [6.45, 7) is 8.12. The van der Waals surface area contributed by atoms with Crippen LogP contribution in [-0.4, -0.2) is 27.3 Å². The van der Waals surface area contributed by atoms with Gasteiger partial charge in [-0.2, -0.15) is 0 Å². The van der Waals surface area contributed by atoms with Gasteiger partial charge in [-0.15, -0.1) is 0 Å². The molecular formula is C20H29N3O2S. The van der Waals surface area contributed by atoms with Gasteiger partial charge in [0.05, 0.1) is 16.7 Å². The van der Waals surface area contributed by atoms with E-state index in [1.807, 2.05) is 39.0 Å². The Morgan fingerprint density at radius 1 is 1.23 bits per heavy atom. The van der Waals surface area contributed by atoms with E-state index in [4.69, 9.17) is 0 Å². The van der Waals surface area contributed by atoms with Crippen molar-refractivity contribution >= 4 is 28.6 Å². The Hall–Kier alpha value is -1.82. The number of carbonyl (C=O) groups is 1. The van der Waals surface area contributed by atoms with Gasteiger partial charge in [0.1, 0.15) is 0 Å². The molecule has 0 radical (unpaired) electrons. The van der Waals surface area contributed by atoms with Crippen molar-refractivity contribution in [2.24, 2.45) is 0 Å². The zero-order valence-electron chi connectivity index (χ0n) is 16.1. The quantitative estimate of drug-likeness (QED) is 0.406. The van der Waals surface area contributed by atoms with Gasteiger partial charge in [0.15, 0.2) is 5.16 Å². The highest BCUT2D eigenvalue weighted by atomic mass is 32.2. The Morgan fingerprint density at radius 2 is 1.96 bits per heavy atom. The first kappa shape index (κ1) is 20.5. The lowest BCUT2D eigenvalue weighted by Gasteiger charge is -2.17. The lowest BCUT2D eigenvalue weighted by atomic mass is 10.1. The van der Waals surface area contributed by atoms with Crippen molar-refractivity contribution in [1.82, 2.24) is 14.9 Å². The fraction of sp³-hybridized carbons (Fsp3) is 0.550. The van der Waals surface area contributed by atoms with Crippen LogP contribution in [0.15, 0.2) is 34.2 Å². The molecule has 5 nitrogen and oxygen atoms in total. The molecule has 0 saturated carbocycles. The van der Waals surface area contributed by atoms with Gasteiger partial charge in [0, 0.05) is 12.1 Å². The van der Waals surface area contributed by atoms with Crippen molar-refractivity contribution in [2.75, 3.05) is 5.75 Å². The predicted octanol–water partition coefficient (Wildman–Crippen LogP) is 4.15. The molecule has 2 rings (SSSR count). The number of thioether (sulfide) groups is 1. The highest BCUT2D eigenvalue weighted by Gasteiger charge is 2.15. The maximum Gasteiger partial charge on any atom is 0.262 e. The maximum atomic E-state index is 12.8. The second-order valence-corrected chi connectivity index (χ2v) is 7.88. The topological polar surface area (TPSA) is 64.0 Å². The standard InChI is InChI=1S/C20H29N3O2S/c1-5-6-7-10-15(4)21-18(24)13-26-20-22-17-12-9-8-11-16(17)19(25)23(20)14(2)3/h8-9,11-12,14-15H,5-7,10,13H2,1-4H3,(H,21,24)/t15-/m0/s1. The largest absolute Gasteiger partial charge is 0.353 e. The summed E-state index contributed by atoms with van der Waals surface area (Å²) in [5.41, 5.74) is 0.617. The number of hydrogen-bond acceptors (Lipinski definition) is 4. The molecule has 1 amide bonds. The molecule has 0 aliphatic heterocycles. The molecule has 0 saturated heterocycles. The predicted molar refractivity (Wildman–Crippen MR) is 109 cm³/mol. The van der Waals surface area contributed by atoms with Gasteiger partial charge in [-0.1, -0.05) is 50.1 Å². The van der Waals surface area contributed by atoms with Gasteiger partial charge in [0.2, 0.25) is 5.91 Å². The number of benzene rings is 1. The van der Waals surface area contributed by atoms with Crippen LogP contribution in [0, 0.1) is 0 Å². The van der Waals surface area contributed by atoms with Gasteiger partial charge in [-0.3, -0.25) is 14.2 Å². The smallest absolute Gasteiger partial charge is 0.262 e. The zero-order chi connectivity index (χ0) is 19.1. The summed E-state index contributed by atoms with van der Waals surface area (Å²) < 4.78 is 1.67. The summed E-state index contributed by atoms with van der Waals surface area (Å²) in [6.07, 6.45) is 4.49. The van der Waals surface area contributed by atoms with Crippen LogP contribution in [0.4, 0.5) is 0 Å². The Balaban J connectivity index is 2.09. The molecule has 0 spiro atoms. The van der Waals surface area contributed by atoms with Crippen LogP contribution in [0.5, 0.6) is 0 Å². The average molecular weight is 376 g/mol. The number of aromatic nitrogens is 2. The molecule has 0 aliphatic rings. The van der Waals surface area contributed by atoms with E-state index in [0.717, 1.165) is 12.8 Å². The molecule has 26 heavy (non-hydrogen) atoms. The first-order valence-electron chi connectivity index (χ1n) is 9.37. The number of nitrogens with one attached hydrogen (secondary N) is 1. The van der Waals surface area contributed by atoms with Crippen molar-refractivity contribution < 1.29 is 4.79 Å². The Bertz CT molecular complexity index is 801. The van der Waals surface area contributed by atoms with Gasteiger partial charge >= 0.3 is 0 Å². The van der Waals surface area contributed by atoms with Crippen LogP contribution < -0.4 is 10.9 Å². The number of rotatable bonds is 9. The number of amides is 1. The highest BCUT2D eigenvalue weighted by molar-refractivity contribution is 7.99. The third kappa shape index (κ3) is 5.34. The molecule has 142 valence electrons. The van der Waals surface area contributed by atoms with E-state index in [1.54, 1.807) is 10.6 Å². The molecular weight excluding hydrogens is 346 g/mol. The number of para-hydroxylation sites is 1. The van der Waals surface area contributed by atoms with Crippen molar-refractivity contribution in [3.05, 3.63) is 34.6 Å². The summed E-state index contributed by atoms with van der Waals surface area (Å²) in [4.78, 5) is 29.6. The van der Waals surface area contributed by atoms with E-state index >= 15 is 0 Å². The molecule has 0 fully saturated rings. The van der Waals surface area contributed by atoms with E-state index in [0.29, 0.717) is 16.1 Å². The van der Waals surface area contributed by atoms with Gasteiger partial charge < -0.3 is 5.32 Å². The number of carbonyl (C=O) groups excluding carboxylic acids is 1. The molecule has 6 heteroatoms. The molecule has 1 atom stereocenters. The van der Waals surface area contributed by atoms with Crippen LogP contribution >= 0.6 is 11.8 Å². The molecule has 1 aromatic carbocycles.